The minimum Gasteiger partial charge on any atom is -0.366 e. The van der Waals surface area contributed by atoms with Gasteiger partial charge >= 0.3 is 0 Å². The van der Waals surface area contributed by atoms with Crippen molar-refractivity contribution in [1.82, 2.24) is 4.90 Å². The molecule has 0 aliphatic heterocycles. The van der Waals surface area contributed by atoms with Gasteiger partial charge in [-0.3, -0.25) is 4.79 Å². The number of nitrogens with zero attached hydrogens (tertiary/aromatic N) is 1. The van der Waals surface area contributed by atoms with Crippen molar-refractivity contribution in [2.45, 2.75) is 32.9 Å². The molecule has 0 spiro atoms. The lowest BCUT2D eigenvalue weighted by molar-refractivity contribution is -0.140. The van der Waals surface area contributed by atoms with Crippen LogP contribution in [0.5, 0.6) is 0 Å². The average Bonchev–Trinajstić information content (AvgIpc) is 2.28. The lowest BCUT2D eigenvalue weighted by atomic mass is 10.2. The van der Waals surface area contributed by atoms with Crippen LogP contribution in [0.3, 0.4) is 0 Å². The van der Waals surface area contributed by atoms with Crippen LogP contribution in [0.4, 0.5) is 0 Å². The zero-order valence-corrected chi connectivity index (χ0v) is 12.1. The van der Waals surface area contributed by atoms with Gasteiger partial charge in [0.15, 0.2) is 0 Å². The molecule has 0 N–H and O–H groups in total. The van der Waals surface area contributed by atoms with Crippen molar-refractivity contribution >= 4 is 17.5 Å². The van der Waals surface area contributed by atoms with Crippen molar-refractivity contribution in [2.24, 2.45) is 0 Å². The van der Waals surface area contributed by atoms with Gasteiger partial charge in [-0.05, 0) is 38.5 Å². The second-order valence-electron chi connectivity index (χ2n) is 5.28. The van der Waals surface area contributed by atoms with Crippen molar-refractivity contribution < 1.29 is 9.53 Å². The summed E-state index contributed by atoms with van der Waals surface area (Å²) in [4.78, 5) is 13.5. The molecule has 1 amide bonds. The van der Waals surface area contributed by atoms with Gasteiger partial charge in [0.2, 0.25) is 5.91 Å². The van der Waals surface area contributed by atoms with E-state index in [0.29, 0.717) is 11.6 Å². The molecule has 1 aromatic carbocycles. The first-order chi connectivity index (χ1) is 8.28. The zero-order valence-electron chi connectivity index (χ0n) is 11.4. The van der Waals surface area contributed by atoms with Gasteiger partial charge in [0, 0.05) is 18.6 Å². The van der Waals surface area contributed by atoms with Crippen LogP contribution in [-0.4, -0.2) is 30.1 Å². The highest BCUT2D eigenvalue weighted by molar-refractivity contribution is 6.30. The molecule has 1 aromatic rings. The smallest absolute Gasteiger partial charge is 0.248 e. The van der Waals surface area contributed by atoms with E-state index in [9.17, 15) is 4.79 Å². The van der Waals surface area contributed by atoms with Crippen molar-refractivity contribution in [1.29, 1.82) is 0 Å². The maximum absolute atomic E-state index is 11.8. The summed E-state index contributed by atoms with van der Waals surface area (Å²) in [7, 11) is 1.77. The summed E-state index contributed by atoms with van der Waals surface area (Å²) in [6.45, 7) is 6.45. The normalized spacial score (nSPS) is 11.4. The van der Waals surface area contributed by atoms with Crippen molar-refractivity contribution in [3.63, 3.8) is 0 Å². The molecule has 0 atom stereocenters. The predicted molar refractivity (Wildman–Crippen MR) is 73.6 cm³/mol. The summed E-state index contributed by atoms with van der Waals surface area (Å²) in [5.41, 5.74) is 0.752. The Morgan fingerprint density at radius 1 is 1.28 bits per heavy atom. The lowest BCUT2D eigenvalue weighted by Gasteiger charge is -2.22. The standard InChI is InChI=1S/C14H20ClNO2/c1-14(2,3)18-10-13(17)16(4)9-11-5-7-12(15)8-6-11/h5-8H,9-10H2,1-4H3. The molecule has 4 heteroatoms. The Labute approximate surface area is 114 Å². The first-order valence-electron chi connectivity index (χ1n) is 5.90. The Balaban J connectivity index is 2.47. The van der Waals surface area contributed by atoms with Crippen LogP contribution < -0.4 is 0 Å². The summed E-state index contributed by atoms with van der Waals surface area (Å²) in [5, 5.41) is 0.698. The summed E-state index contributed by atoms with van der Waals surface area (Å²) in [5.74, 6) is -0.0279. The molecule has 18 heavy (non-hydrogen) atoms. The molecule has 0 aliphatic carbocycles. The van der Waals surface area contributed by atoms with Gasteiger partial charge < -0.3 is 9.64 Å². The largest absolute Gasteiger partial charge is 0.366 e. The third kappa shape index (κ3) is 5.52. The number of halogens is 1. The van der Waals surface area contributed by atoms with Crippen molar-refractivity contribution in [3.8, 4) is 0 Å². The number of hydrogen-bond donors (Lipinski definition) is 0. The molecule has 1 rings (SSSR count). The van der Waals surface area contributed by atoms with Gasteiger partial charge in [-0.15, -0.1) is 0 Å². The van der Waals surface area contributed by atoms with Crippen molar-refractivity contribution in [2.75, 3.05) is 13.7 Å². The molecule has 0 aliphatic rings. The topological polar surface area (TPSA) is 29.5 Å². The predicted octanol–water partition coefficient (Wildman–Crippen LogP) is 3.11. The fourth-order valence-corrected chi connectivity index (χ4v) is 1.47. The van der Waals surface area contributed by atoms with Crippen LogP contribution in [0.25, 0.3) is 0 Å². The molecule has 3 nitrogen and oxygen atoms in total. The maximum atomic E-state index is 11.8. The Morgan fingerprint density at radius 3 is 2.33 bits per heavy atom. The number of hydrogen-bond acceptors (Lipinski definition) is 2. The van der Waals surface area contributed by atoms with Crippen LogP contribution in [0.2, 0.25) is 5.02 Å². The van der Waals surface area contributed by atoms with E-state index in [4.69, 9.17) is 16.3 Å². The van der Waals surface area contributed by atoms with Crippen LogP contribution >= 0.6 is 11.6 Å². The van der Waals surface area contributed by atoms with E-state index >= 15 is 0 Å². The highest BCUT2D eigenvalue weighted by Gasteiger charge is 2.15. The van der Waals surface area contributed by atoms with Crippen LogP contribution in [-0.2, 0) is 16.1 Å². The highest BCUT2D eigenvalue weighted by Crippen LogP contribution is 2.11. The van der Waals surface area contributed by atoms with E-state index in [-0.39, 0.29) is 18.1 Å². The van der Waals surface area contributed by atoms with Gasteiger partial charge in [0.1, 0.15) is 6.61 Å². The van der Waals surface area contributed by atoms with E-state index in [1.165, 1.54) is 0 Å². The Kier molecular flexibility index (Phi) is 5.17. The Bertz CT molecular complexity index is 395. The van der Waals surface area contributed by atoms with E-state index in [1.54, 1.807) is 11.9 Å². The van der Waals surface area contributed by atoms with Crippen LogP contribution in [0.1, 0.15) is 26.3 Å². The summed E-state index contributed by atoms with van der Waals surface area (Å²) < 4.78 is 5.46. The van der Waals surface area contributed by atoms with Crippen LogP contribution in [0, 0.1) is 0 Å². The second kappa shape index (κ2) is 6.21. The summed E-state index contributed by atoms with van der Waals surface area (Å²) in [6, 6.07) is 7.47. The Morgan fingerprint density at radius 2 is 1.83 bits per heavy atom. The summed E-state index contributed by atoms with van der Waals surface area (Å²) in [6.07, 6.45) is 0. The number of carbonyl (C=O) groups is 1. The molecular weight excluding hydrogens is 250 g/mol. The molecule has 0 radical (unpaired) electrons. The third-order valence-corrected chi connectivity index (χ3v) is 2.64. The monoisotopic (exact) mass is 269 g/mol. The maximum Gasteiger partial charge on any atom is 0.248 e. The van der Waals surface area contributed by atoms with E-state index in [1.807, 2.05) is 45.0 Å². The summed E-state index contributed by atoms with van der Waals surface area (Å²) >= 11 is 5.81. The van der Waals surface area contributed by atoms with Gasteiger partial charge in [0.05, 0.1) is 5.60 Å². The molecule has 0 fully saturated rings. The molecule has 0 bridgehead atoms. The van der Waals surface area contributed by atoms with E-state index < -0.39 is 0 Å². The SMILES string of the molecule is CN(Cc1ccc(Cl)cc1)C(=O)COC(C)(C)C. The van der Waals surface area contributed by atoms with Gasteiger partial charge in [-0.25, -0.2) is 0 Å². The first-order valence-corrected chi connectivity index (χ1v) is 6.28. The number of likely N-dealkylation sites (N-methyl/N-ethyl adjacent to an activating group) is 1. The fourth-order valence-electron chi connectivity index (χ4n) is 1.34. The molecule has 0 saturated carbocycles. The minimum atomic E-state index is -0.295. The molecule has 0 heterocycles. The van der Waals surface area contributed by atoms with E-state index in [0.717, 1.165) is 5.56 Å². The zero-order chi connectivity index (χ0) is 13.8. The van der Waals surface area contributed by atoms with Gasteiger partial charge in [0.25, 0.3) is 0 Å². The molecule has 100 valence electrons. The first kappa shape index (κ1) is 15.0. The quantitative estimate of drug-likeness (QED) is 0.841. The van der Waals surface area contributed by atoms with Crippen LogP contribution in [0.15, 0.2) is 24.3 Å². The van der Waals surface area contributed by atoms with Gasteiger partial charge in [-0.1, -0.05) is 23.7 Å². The van der Waals surface area contributed by atoms with Crippen molar-refractivity contribution in [3.05, 3.63) is 34.9 Å². The molecular formula is C14H20ClNO2. The second-order valence-corrected chi connectivity index (χ2v) is 5.71. The fraction of sp³-hybridized carbons (Fsp3) is 0.500. The Hall–Kier alpha value is -1.06. The molecule has 0 saturated heterocycles. The number of benzene rings is 1. The number of ether oxygens (including phenoxy) is 1. The third-order valence-electron chi connectivity index (χ3n) is 2.39. The lowest BCUT2D eigenvalue weighted by Crippen LogP contribution is -2.33. The number of amides is 1. The number of carbonyl (C=O) groups excluding carboxylic acids is 1. The molecule has 0 unspecified atom stereocenters. The van der Waals surface area contributed by atoms with E-state index in [2.05, 4.69) is 0 Å². The highest BCUT2D eigenvalue weighted by atomic mass is 35.5. The molecule has 0 aromatic heterocycles. The average molecular weight is 270 g/mol. The minimum absolute atomic E-state index is 0.0279. The van der Waals surface area contributed by atoms with Gasteiger partial charge in [-0.2, -0.15) is 0 Å². The number of rotatable bonds is 4.